The number of amides is 2. The second kappa shape index (κ2) is 8.26. The predicted molar refractivity (Wildman–Crippen MR) is 110 cm³/mol. The zero-order valence-corrected chi connectivity index (χ0v) is 17.1. The number of thiophene rings is 1. The van der Waals surface area contributed by atoms with Crippen LogP contribution >= 0.6 is 11.3 Å². The molecule has 0 unspecified atom stereocenters. The van der Waals surface area contributed by atoms with E-state index in [4.69, 9.17) is 0 Å². The van der Waals surface area contributed by atoms with Crippen LogP contribution in [-0.2, 0) is 16.0 Å². The summed E-state index contributed by atoms with van der Waals surface area (Å²) in [5.74, 6) is 0.218. The molecule has 5 heteroatoms. The molecule has 1 saturated heterocycles. The maximum Gasteiger partial charge on any atom is 0.222 e. The maximum absolute atomic E-state index is 12.8. The topological polar surface area (TPSA) is 49.4 Å². The molecule has 27 heavy (non-hydrogen) atoms. The highest BCUT2D eigenvalue weighted by Gasteiger charge is 2.38. The minimum absolute atomic E-state index is 0.0729. The largest absolute Gasteiger partial charge is 0.350 e. The zero-order chi connectivity index (χ0) is 19.4. The summed E-state index contributed by atoms with van der Waals surface area (Å²) in [6.45, 7) is 4.13. The molecule has 0 aliphatic carbocycles. The van der Waals surface area contributed by atoms with E-state index >= 15 is 0 Å². The van der Waals surface area contributed by atoms with Crippen molar-refractivity contribution in [1.82, 2.24) is 10.2 Å². The minimum Gasteiger partial charge on any atom is -0.350 e. The van der Waals surface area contributed by atoms with E-state index in [1.807, 2.05) is 23.4 Å². The van der Waals surface area contributed by atoms with Crippen LogP contribution in [0.2, 0.25) is 0 Å². The Balaban J connectivity index is 1.65. The standard InChI is InChI=1S/C22H28N2O2S/c1-16-6-8-18(9-7-16)15-22(12-10-20(25)23-22)13-11-21(26)24(3)17(2)19-5-4-14-27-19/h4-9,14,17H,10-13,15H2,1-3H3,(H,23,25)/t17-,22-/m1/s1. The first-order chi connectivity index (χ1) is 12.9. The third kappa shape index (κ3) is 4.78. The molecule has 0 spiro atoms. The van der Waals surface area contributed by atoms with Gasteiger partial charge < -0.3 is 10.2 Å². The van der Waals surface area contributed by atoms with E-state index in [0.717, 1.165) is 12.8 Å². The maximum atomic E-state index is 12.8. The van der Waals surface area contributed by atoms with Crippen LogP contribution in [0.5, 0.6) is 0 Å². The molecule has 3 rings (SSSR count). The Morgan fingerprint density at radius 3 is 2.63 bits per heavy atom. The minimum atomic E-state index is -0.311. The van der Waals surface area contributed by atoms with Gasteiger partial charge in [0.1, 0.15) is 0 Å². The molecule has 0 saturated carbocycles. The van der Waals surface area contributed by atoms with Crippen molar-refractivity contribution in [2.45, 2.75) is 57.5 Å². The van der Waals surface area contributed by atoms with Crippen molar-refractivity contribution in [2.75, 3.05) is 7.05 Å². The molecule has 0 bridgehead atoms. The molecule has 1 aromatic heterocycles. The molecular weight excluding hydrogens is 356 g/mol. The van der Waals surface area contributed by atoms with Crippen LogP contribution in [0.15, 0.2) is 41.8 Å². The Labute approximate surface area is 165 Å². The lowest BCUT2D eigenvalue weighted by molar-refractivity contribution is -0.132. The van der Waals surface area contributed by atoms with Crippen molar-refractivity contribution in [3.63, 3.8) is 0 Å². The molecule has 144 valence electrons. The van der Waals surface area contributed by atoms with Gasteiger partial charge >= 0.3 is 0 Å². The fraction of sp³-hybridized carbons (Fsp3) is 0.455. The molecule has 1 aromatic carbocycles. The average molecular weight is 385 g/mol. The third-order valence-corrected chi connectivity index (χ3v) is 6.69. The van der Waals surface area contributed by atoms with E-state index in [9.17, 15) is 9.59 Å². The van der Waals surface area contributed by atoms with Crippen LogP contribution in [0.1, 0.15) is 54.7 Å². The molecular formula is C22H28N2O2S. The first kappa shape index (κ1) is 19.6. The Kier molecular flexibility index (Phi) is 6.00. The summed E-state index contributed by atoms with van der Waals surface area (Å²) in [6.07, 6.45) is 3.22. The number of hydrogen-bond donors (Lipinski definition) is 1. The van der Waals surface area contributed by atoms with E-state index in [2.05, 4.69) is 49.5 Å². The molecule has 0 radical (unpaired) electrons. The number of carbonyl (C=O) groups is 2. The van der Waals surface area contributed by atoms with Gasteiger partial charge in [-0.1, -0.05) is 35.9 Å². The first-order valence-corrected chi connectivity index (χ1v) is 10.4. The predicted octanol–water partition coefficient (Wildman–Crippen LogP) is 4.25. The van der Waals surface area contributed by atoms with Crippen LogP contribution < -0.4 is 5.32 Å². The first-order valence-electron chi connectivity index (χ1n) is 9.54. The van der Waals surface area contributed by atoms with Crippen LogP contribution in [0.25, 0.3) is 0 Å². The van der Waals surface area contributed by atoms with Gasteiger partial charge in [-0.25, -0.2) is 0 Å². The second-order valence-electron chi connectivity index (χ2n) is 7.69. The van der Waals surface area contributed by atoms with E-state index in [-0.39, 0.29) is 23.4 Å². The zero-order valence-electron chi connectivity index (χ0n) is 16.3. The molecule has 4 nitrogen and oxygen atoms in total. The number of benzene rings is 1. The van der Waals surface area contributed by atoms with Crippen molar-refractivity contribution >= 4 is 23.2 Å². The highest BCUT2D eigenvalue weighted by molar-refractivity contribution is 7.10. The third-order valence-electron chi connectivity index (χ3n) is 5.65. The van der Waals surface area contributed by atoms with Gasteiger partial charge in [-0.05, 0) is 50.1 Å². The molecule has 2 amide bonds. The van der Waals surface area contributed by atoms with Gasteiger partial charge in [-0.3, -0.25) is 9.59 Å². The summed E-state index contributed by atoms with van der Waals surface area (Å²) < 4.78 is 0. The summed E-state index contributed by atoms with van der Waals surface area (Å²) >= 11 is 1.67. The van der Waals surface area contributed by atoms with Gasteiger partial charge in [-0.15, -0.1) is 11.3 Å². The molecule has 1 aliphatic heterocycles. The van der Waals surface area contributed by atoms with Crippen molar-refractivity contribution in [2.24, 2.45) is 0 Å². The molecule has 1 aliphatic rings. The van der Waals surface area contributed by atoms with Gasteiger partial charge in [0.05, 0.1) is 6.04 Å². The Bertz CT molecular complexity index is 785. The van der Waals surface area contributed by atoms with Crippen molar-refractivity contribution < 1.29 is 9.59 Å². The molecule has 1 fully saturated rings. The Morgan fingerprint density at radius 1 is 1.30 bits per heavy atom. The molecule has 2 heterocycles. The summed E-state index contributed by atoms with van der Waals surface area (Å²) in [4.78, 5) is 27.7. The fourth-order valence-electron chi connectivity index (χ4n) is 3.74. The number of rotatable bonds is 7. The lowest BCUT2D eigenvalue weighted by Crippen LogP contribution is -2.44. The van der Waals surface area contributed by atoms with Crippen molar-refractivity contribution in [3.8, 4) is 0 Å². The smallest absolute Gasteiger partial charge is 0.222 e. The fourth-order valence-corrected chi connectivity index (χ4v) is 4.56. The van der Waals surface area contributed by atoms with E-state index in [1.54, 1.807) is 11.3 Å². The lowest BCUT2D eigenvalue weighted by Gasteiger charge is -2.31. The molecule has 2 aromatic rings. The number of hydrogen-bond acceptors (Lipinski definition) is 3. The summed E-state index contributed by atoms with van der Waals surface area (Å²) in [5.41, 5.74) is 2.12. The van der Waals surface area contributed by atoms with E-state index in [0.29, 0.717) is 19.3 Å². The van der Waals surface area contributed by atoms with Gasteiger partial charge in [0, 0.05) is 30.3 Å². The number of carbonyl (C=O) groups excluding carboxylic acids is 2. The van der Waals surface area contributed by atoms with Crippen LogP contribution in [0, 0.1) is 6.92 Å². The summed E-state index contributed by atoms with van der Waals surface area (Å²) in [5, 5.41) is 5.21. The summed E-state index contributed by atoms with van der Waals surface area (Å²) in [7, 11) is 1.87. The normalized spacial score (nSPS) is 20.3. The van der Waals surface area contributed by atoms with Gasteiger partial charge in [0.25, 0.3) is 0 Å². The highest BCUT2D eigenvalue weighted by atomic mass is 32.1. The lowest BCUT2D eigenvalue weighted by atomic mass is 9.84. The van der Waals surface area contributed by atoms with Crippen molar-refractivity contribution in [1.29, 1.82) is 0 Å². The average Bonchev–Trinajstić information content (AvgIpc) is 3.31. The van der Waals surface area contributed by atoms with E-state index in [1.165, 1.54) is 16.0 Å². The van der Waals surface area contributed by atoms with Gasteiger partial charge in [0.15, 0.2) is 0 Å². The van der Waals surface area contributed by atoms with Gasteiger partial charge in [0.2, 0.25) is 11.8 Å². The van der Waals surface area contributed by atoms with Crippen molar-refractivity contribution in [3.05, 3.63) is 57.8 Å². The quantitative estimate of drug-likeness (QED) is 0.776. The monoisotopic (exact) mass is 384 g/mol. The Hall–Kier alpha value is -2.14. The van der Waals surface area contributed by atoms with Crippen LogP contribution in [0.3, 0.4) is 0 Å². The summed E-state index contributed by atoms with van der Waals surface area (Å²) in [6, 6.07) is 12.6. The molecule has 2 atom stereocenters. The van der Waals surface area contributed by atoms with E-state index < -0.39 is 0 Å². The van der Waals surface area contributed by atoms with Crippen LogP contribution in [-0.4, -0.2) is 29.3 Å². The SMILES string of the molecule is Cc1ccc(C[C@]2(CCC(=O)N(C)[C@H](C)c3cccs3)CCC(=O)N2)cc1. The highest BCUT2D eigenvalue weighted by Crippen LogP contribution is 2.31. The number of nitrogens with one attached hydrogen (secondary N) is 1. The molecule has 1 N–H and O–H groups in total. The second-order valence-corrected chi connectivity index (χ2v) is 8.67. The van der Waals surface area contributed by atoms with Gasteiger partial charge in [-0.2, -0.15) is 0 Å². The van der Waals surface area contributed by atoms with Crippen LogP contribution in [0.4, 0.5) is 0 Å². The number of nitrogens with zero attached hydrogens (tertiary/aromatic N) is 1. The Morgan fingerprint density at radius 2 is 2.04 bits per heavy atom. The number of aryl methyl sites for hydroxylation is 1.